The fourth-order valence-corrected chi connectivity index (χ4v) is 2.66. The number of likely N-dealkylation sites (tertiary alicyclic amines) is 1. The molecule has 2 aliphatic rings. The van der Waals surface area contributed by atoms with Crippen LogP contribution in [0.25, 0.3) is 0 Å². The van der Waals surface area contributed by atoms with Gasteiger partial charge in [0.15, 0.2) is 0 Å². The molecule has 1 atom stereocenters. The van der Waals surface area contributed by atoms with Crippen LogP contribution >= 0.6 is 12.4 Å². The molecule has 1 unspecified atom stereocenters. The van der Waals surface area contributed by atoms with Crippen LogP contribution in [0.15, 0.2) is 0 Å². The zero-order chi connectivity index (χ0) is 11.9. The van der Waals surface area contributed by atoms with E-state index in [2.05, 4.69) is 4.90 Å². The van der Waals surface area contributed by atoms with Crippen LogP contribution in [-0.2, 0) is 9.47 Å². The normalized spacial score (nSPS) is 26.8. The highest BCUT2D eigenvalue weighted by molar-refractivity contribution is 5.85. The van der Waals surface area contributed by atoms with Gasteiger partial charge in [-0.25, -0.2) is 0 Å². The third-order valence-corrected chi connectivity index (χ3v) is 3.77. The Morgan fingerprint density at radius 1 is 1.17 bits per heavy atom. The number of hydrogen-bond donors (Lipinski definition) is 1. The molecular weight excluding hydrogens is 252 g/mol. The molecule has 0 aromatic heterocycles. The van der Waals surface area contributed by atoms with E-state index in [1.165, 1.54) is 19.3 Å². The Kier molecular flexibility index (Phi) is 8.18. The average Bonchev–Trinajstić information content (AvgIpc) is 2.40. The molecule has 0 bridgehead atoms. The lowest BCUT2D eigenvalue weighted by Crippen LogP contribution is -2.40. The fourth-order valence-electron chi connectivity index (χ4n) is 2.66. The first-order valence-electron chi connectivity index (χ1n) is 7.04. The second kappa shape index (κ2) is 9.10. The molecule has 2 fully saturated rings. The topological polar surface area (TPSA) is 47.7 Å². The molecule has 108 valence electrons. The maximum absolute atomic E-state index is 5.97. The van der Waals surface area contributed by atoms with Crippen molar-refractivity contribution < 1.29 is 9.47 Å². The van der Waals surface area contributed by atoms with Gasteiger partial charge in [-0.15, -0.1) is 12.4 Å². The molecule has 18 heavy (non-hydrogen) atoms. The Bertz CT molecular complexity index is 205. The zero-order valence-corrected chi connectivity index (χ0v) is 12.0. The van der Waals surface area contributed by atoms with Gasteiger partial charge in [0.25, 0.3) is 0 Å². The molecule has 0 saturated carbocycles. The molecule has 5 heteroatoms. The highest BCUT2D eigenvalue weighted by atomic mass is 35.5. The van der Waals surface area contributed by atoms with Crippen molar-refractivity contribution in [2.24, 2.45) is 5.73 Å². The Labute approximate surface area is 117 Å². The average molecular weight is 279 g/mol. The van der Waals surface area contributed by atoms with Gasteiger partial charge in [-0.3, -0.25) is 0 Å². The highest BCUT2D eigenvalue weighted by Crippen LogP contribution is 2.17. The van der Waals surface area contributed by atoms with Crippen molar-refractivity contribution in [1.82, 2.24) is 4.90 Å². The first-order chi connectivity index (χ1) is 8.38. The van der Waals surface area contributed by atoms with Gasteiger partial charge in [0.1, 0.15) is 0 Å². The standard InChI is InChI=1S/C13H26N2O2.ClH/c14-6-9-15-7-4-12(5-8-15)17-11-13-3-1-2-10-16-13;/h12-13H,1-11,14H2;1H. The fraction of sp³-hybridized carbons (Fsp3) is 1.00. The summed E-state index contributed by atoms with van der Waals surface area (Å²) in [6.07, 6.45) is 6.77. The summed E-state index contributed by atoms with van der Waals surface area (Å²) in [6.45, 7) is 5.77. The van der Waals surface area contributed by atoms with E-state index >= 15 is 0 Å². The van der Waals surface area contributed by atoms with Crippen molar-refractivity contribution >= 4 is 12.4 Å². The minimum absolute atomic E-state index is 0. The van der Waals surface area contributed by atoms with Crippen LogP contribution in [0.3, 0.4) is 0 Å². The quantitative estimate of drug-likeness (QED) is 0.826. The number of halogens is 1. The molecule has 2 rings (SSSR count). The zero-order valence-electron chi connectivity index (χ0n) is 11.2. The van der Waals surface area contributed by atoms with Crippen molar-refractivity contribution in [3.05, 3.63) is 0 Å². The highest BCUT2D eigenvalue weighted by Gasteiger charge is 2.21. The monoisotopic (exact) mass is 278 g/mol. The second-order valence-electron chi connectivity index (χ2n) is 5.15. The molecule has 2 saturated heterocycles. The maximum atomic E-state index is 5.97. The van der Waals surface area contributed by atoms with Gasteiger partial charge in [-0.1, -0.05) is 0 Å². The Balaban J connectivity index is 0.00000162. The van der Waals surface area contributed by atoms with E-state index in [0.717, 1.165) is 52.2 Å². The van der Waals surface area contributed by atoms with E-state index in [-0.39, 0.29) is 12.4 Å². The Morgan fingerprint density at radius 3 is 2.56 bits per heavy atom. The minimum Gasteiger partial charge on any atom is -0.376 e. The van der Waals surface area contributed by atoms with E-state index in [4.69, 9.17) is 15.2 Å². The lowest BCUT2D eigenvalue weighted by atomic mass is 10.1. The number of piperidine rings is 1. The summed E-state index contributed by atoms with van der Waals surface area (Å²) in [6, 6.07) is 0. The van der Waals surface area contributed by atoms with Crippen LogP contribution in [0.5, 0.6) is 0 Å². The number of nitrogens with two attached hydrogens (primary N) is 1. The Morgan fingerprint density at radius 2 is 1.94 bits per heavy atom. The summed E-state index contributed by atoms with van der Waals surface area (Å²) in [7, 11) is 0. The largest absolute Gasteiger partial charge is 0.376 e. The van der Waals surface area contributed by atoms with Crippen LogP contribution in [-0.4, -0.2) is 56.5 Å². The smallest absolute Gasteiger partial charge is 0.0808 e. The van der Waals surface area contributed by atoms with Crippen molar-refractivity contribution in [3.63, 3.8) is 0 Å². The van der Waals surface area contributed by atoms with Crippen LogP contribution in [0.2, 0.25) is 0 Å². The van der Waals surface area contributed by atoms with Crippen LogP contribution in [0, 0.1) is 0 Å². The Hall–Kier alpha value is 0.130. The first-order valence-corrected chi connectivity index (χ1v) is 7.04. The van der Waals surface area contributed by atoms with Crippen molar-refractivity contribution in [2.75, 3.05) is 39.4 Å². The summed E-state index contributed by atoms with van der Waals surface area (Å²) >= 11 is 0. The summed E-state index contributed by atoms with van der Waals surface area (Å²) in [4.78, 5) is 2.43. The molecule has 2 heterocycles. The van der Waals surface area contributed by atoms with E-state index < -0.39 is 0 Å². The lowest BCUT2D eigenvalue weighted by molar-refractivity contribution is -0.0747. The summed E-state index contributed by atoms with van der Waals surface area (Å²) in [5.41, 5.74) is 5.56. The minimum atomic E-state index is 0. The van der Waals surface area contributed by atoms with Gasteiger partial charge in [0.05, 0.1) is 18.8 Å². The van der Waals surface area contributed by atoms with E-state index in [9.17, 15) is 0 Å². The molecule has 4 nitrogen and oxygen atoms in total. The summed E-state index contributed by atoms with van der Waals surface area (Å²) in [5, 5.41) is 0. The molecule has 0 spiro atoms. The number of nitrogens with zero attached hydrogens (tertiary/aromatic N) is 1. The van der Waals surface area contributed by atoms with Gasteiger partial charge < -0.3 is 20.1 Å². The SMILES string of the molecule is Cl.NCCN1CCC(OCC2CCCCO2)CC1. The number of hydrogen-bond acceptors (Lipinski definition) is 4. The molecule has 2 aliphatic heterocycles. The van der Waals surface area contributed by atoms with Crippen LogP contribution in [0.1, 0.15) is 32.1 Å². The van der Waals surface area contributed by atoms with Gasteiger partial charge in [-0.2, -0.15) is 0 Å². The lowest BCUT2D eigenvalue weighted by Gasteiger charge is -2.32. The molecule has 0 amide bonds. The van der Waals surface area contributed by atoms with Crippen molar-refractivity contribution in [3.8, 4) is 0 Å². The van der Waals surface area contributed by atoms with Gasteiger partial charge in [0.2, 0.25) is 0 Å². The molecule has 0 aromatic rings. The molecule has 0 radical (unpaired) electrons. The second-order valence-corrected chi connectivity index (χ2v) is 5.15. The molecular formula is C13H27ClN2O2. The summed E-state index contributed by atoms with van der Waals surface area (Å²) in [5.74, 6) is 0. The van der Waals surface area contributed by atoms with Crippen LogP contribution in [0.4, 0.5) is 0 Å². The molecule has 0 aromatic carbocycles. The van der Waals surface area contributed by atoms with Crippen molar-refractivity contribution in [1.29, 1.82) is 0 Å². The third kappa shape index (κ3) is 5.41. The maximum Gasteiger partial charge on any atom is 0.0808 e. The number of rotatable bonds is 5. The molecule has 2 N–H and O–H groups in total. The van der Waals surface area contributed by atoms with Gasteiger partial charge in [0, 0.05) is 32.8 Å². The first kappa shape index (κ1) is 16.2. The van der Waals surface area contributed by atoms with E-state index in [0.29, 0.717) is 12.2 Å². The predicted octanol–water partition coefficient (Wildman–Crippen LogP) is 1.42. The van der Waals surface area contributed by atoms with E-state index in [1.54, 1.807) is 0 Å². The van der Waals surface area contributed by atoms with Gasteiger partial charge in [-0.05, 0) is 32.1 Å². The molecule has 0 aliphatic carbocycles. The number of ether oxygens (including phenoxy) is 2. The third-order valence-electron chi connectivity index (χ3n) is 3.77. The van der Waals surface area contributed by atoms with E-state index in [1.807, 2.05) is 0 Å². The van der Waals surface area contributed by atoms with Crippen LogP contribution < -0.4 is 5.73 Å². The predicted molar refractivity (Wildman–Crippen MR) is 75.3 cm³/mol. The van der Waals surface area contributed by atoms with Gasteiger partial charge >= 0.3 is 0 Å². The van der Waals surface area contributed by atoms with Crippen molar-refractivity contribution in [2.45, 2.75) is 44.3 Å². The summed E-state index contributed by atoms with van der Waals surface area (Å²) < 4.78 is 11.6.